The van der Waals surface area contributed by atoms with Gasteiger partial charge in [-0.15, -0.1) is 0 Å². The zero-order valence-corrected chi connectivity index (χ0v) is 13.7. The van der Waals surface area contributed by atoms with E-state index in [1.165, 1.54) is 6.07 Å². The van der Waals surface area contributed by atoms with Crippen LogP contribution in [0.4, 0.5) is 4.39 Å². The molecular weight excluding hydrogens is 303 g/mol. The molecular formula is C16H23FN2O2S. The molecule has 0 aliphatic carbocycles. The average Bonchev–Trinajstić information content (AvgIpc) is 3.05. The van der Waals surface area contributed by atoms with Gasteiger partial charge in [0.1, 0.15) is 5.82 Å². The lowest BCUT2D eigenvalue weighted by Crippen LogP contribution is -2.35. The summed E-state index contributed by atoms with van der Waals surface area (Å²) in [6.07, 6.45) is 0.238. The number of likely N-dealkylation sites (tertiary alicyclic amines) is 1. The fourth-order valence-corrected chi connectivity index (χ4v) is 5.18. The molecule has 0 unspecified atom stereocenters. The first-order chi connectivity index (χ1) is 10.5. The van der Waals surface area contributed by atoms with Crippen LogP contribution in [0.3, 0.4) is 0 Å². The van der Waals surface area contributed by atoms with E-state index < -0.39 is 10.0 Å². The summed E-state index contributed by atoms with van der Waals surface area (Å²) in [6, 6.07) is 6.39. The second kappa shape index (κ2) is 6.26. The normalized spacial score (nSPS) is 26.5. The van der Waals surface area contributed by atoms with E-state index in [0.717, 1.165) is 19.6 Å². The SMILES string of the molecule is CCN1C[C@@H]2CN(S(=O)(=O)CCc3ccccc3F)C[C@@H]2C1. The van der Waals surface area contributed by atoms with Gasteiger partial charge in [0.15, 0.2) is 0 Å². The van der Waals surface area contributed by atoms with E-state index in [-0.39, 0.29) is 18.0 Å². The molecule has 0 amide bonds. The van der Waals surface area contributed by atoms with Crippen molar-refractivity contribution in [3.63, 3.8) is 0 Å². The molecule has 1 aromatic carbocycles. The van der Waals surface area contributed by atoms with Crippen molar-refractivity contribution < 1.29 is 12.8 Å². The monoisotopic (exact) mass is 326 g/mol. The van der Waals surface area contributed by atoms with Crippen LogP contribution in [0.5, 0.6) is 0 Å². The van der Waals surface area contributed by atoms with Gasteiger partial charge in [-0.25, -0.2) is 17.1 Å². The van der Waals surface area contributed by atoms with E-state index in [2.05, 4.69) is 11.8 Å². The highest BCUT2D eigenvalue weighted by atomic mass is 32.2. The van der Waals surface area contributed by atoms with Gasteiger partial charge in [0.2, 0.25) is 10.0 Å². The number of nitrogens with zero attached hydrogens (tertiary/aromatic N) is 2. The predicted molar refractivity (Wildman–Crippen MR) is 84.6 cm³/mol. The van der Waals surface area contributed by atoms with Crippen LogP contribution in [0.25, 0.3) is 0 Å². The third kappa shape index (κ3) is 3.19. The minimum atomic E-state index is -3.29. The molecule has 0 radical (unpaired) electrons. The van der Waals surface area contributed by atoms with Crippen LogP contribution in [-0.2, 0) is 16.4 Å². The quantitative estimate of drug-likeness (QED) is 0.825. The second-order valence-electron chi connectivity index (χ2n) is 6.35. The molecule has 6 heteroatoms. The Labute approximate surface area is 132 Å². The molecule has 2 aliphatic rings. The lowest BCUT2D eigenvalue weighted by atomic mass is 10.0. The van der Waals surface area contributed by atoms with Crippen LogP contribution in [0.1, 0.15) is 12.5 Å². The lowest BCUT2D eigenvalue weighted by molar-refractivity contribution is 0.311. The zero-order chi connectivity index (χ0) is 15.7. The van der Waals surface area contributed by atoms with Gasteiger partial charge in [-0.05, 0) is 36.4 Å². The van der Waals surface area contributed by atoms with Crippen molar-refractivity contribution in [1.82, 2.24) is 9.21 Å². The third-order valence-electron chi connectivity index (χ3n) is 4.96. The summed E-state index contributed by atoms with van der Waals surface area (Å²) in [7, 11) is -3.29. The summed E-state index contributed by atoms with van der Waals surface area (Å²) in [5.74, 6) is 0.589. The standard InChI is InChI=1S/C16H23FN2O2S/c1-2-18-9-14-11-19(12-15(14)10-18)22(20,21)8-7-13-5-3-4-6-16(13)17/h3-6,14-15H,2,7-12H2,1H3/t14-,15+. The Morgan fingerprint density at radius 3 is 2.36 bits per heavy atom. The molecule has 2 aliphatic heterocycles. The van der Waals surface area contributed by atoms with Crippen LogP contribution in [0, 0.1) is 17.7 Å². The van der Waals surface area contributed by atoms with E-state index in [0.29, 0.717) is 30.5 Å². The van der Waals surface area contributed by atoms with E-state index in [4.69, 9.17) is 0 Å². The Balaban J connectivity index is 1.60. The van der Waals surface area contributed by atoms with Gasteiger partial charge in [-0.1, -0.05) is 25.1 Å². The molecule has 0 spiro atoms. The Morgan fingerprint density at radius 1 is 1.14 bits per heavy atom. The van der Waals surface area contributed by atoms with Crippen molar-refractivity contribution in [3.8, 4) is 0 Å². The van der Waals surface area contributed by atoms with Gasteiger partial charge in [0.05, 0.1) is 5.75 Å². The number of halogens is 1. The smallest absolute Gasteiger partial charge is 0.214 e. The summed E-state index contributed by atoms with van der Waals surface area (Å²) >= 11 is 0. The molecule has 0 bridgehead atoms. The van der Waals surface area contributed by atoms with Crippen LogP contribution in [0.15, 0.2) is 24.3 Å². The molecule has 4 nitrogen and oxygen atoms in total. The Kier molecular flexibility index (Phi) is 4.52. The number of hydrogen-bond donors (Lipinski definition) is 0. The third-order valence-corrected chi connectivity index (χ3v) is 6.76. The first-order valence-corrected chi connectivity index (χ1v) is 9.54. The fraction of sp³-hybridized carbons (Fsp3) is 0.625. The number of fused-ring (bicyclic) bond motifs is 1. The van der Waals surface area contributed by atoms with Crippen LogP contribution in [0.2, 0.25) is 0 Å². The first-order valence-electron chi connectivity index (χ1n) is 7.93. The van der Waals surface area contributed by atoms with E-state index in [1.807, 2.05) is 0 Å². The summed E-state index contributed by atoms with van der Waals surface area (Å²) in [6.45, 7) is 6.43. The van der Waals surface area contributed by atoms with Crippen molar-refractivity contribution in [2.75, 3.05) is 38.5 Å². The van der Waals surface area contributed by atoms with Crippen molar-refractivity contribution in [2.45, 2.75) is 13.3 Å². The highest BCUT2D eigenvalue weighted by Crippen LogP contribution is 2.32. The van der Waals surface area contributed by atoms with E-state index in [1.54, 1.807) is 22.5 Å². The largest absolute Gasteiger partial charge is 0.303 e. The first kappa shape index (κ1) is 15.9. The van der Waals surface area contributed by atoms with Gasteiger partial charge in [0.25, 0.3) is 0 Å². The van der Waals surface area contributed by atoms with Crippen LogP contribution in [-0.4, -0.2) is 56.1 Å². The van der Waals surface area contributed by atoms with Crippen molar-refractivity contribution >= 4 is 10.0 Å². The molecule has 22 heavy (non-hydrogen) atoms. The number of sulfonamides is 1. The molecule has 1 aromatic rings. The molecule has 2 saturated heterocycles. The highest BCUT2D eigenvalue weighted by Gasteiger charge is 2.43. The molecule has 2 heterocycles. The number of rotatable bonds is 5. The summed E-state index contributed by atoms with van der Waals surface area (Å²) < 4.78 is 40.2. The van der Waals surface area contributed by atoms with Gasteiger partial charge in [-0.3, -0.25) is 0 Å². The average molecular weight is 326 g/mol. The van der Waals surface area contributed by atoms with Crippen LogP contribution < -0.4 is 0 Å². The number of hydrogen-bond acceptors (Lipinski definition) is 3. The maximum Gasteiger partial charge on any atom is 0.214 e. The lowest BCUT2D eigenvalue weighted by Gasteiger charge is -2.20. The van der Waals surface area contributed by atoms with E-state index in [9.17, 15) is 12.8 Å². The van der Waals surface area contributed by atoms with Gasteiger partial charge in [-0.2, -0.15) is 0 Å². The van der Waals surface area contributed by atoms with Gasteiger partial charge in [0, 0.05) is 26.2 Å². The minimum absolute atomic E-state index is 0.00906. The predicted octanol–water partition coefficient (Wildman–Crippen LogP) is 1.58. The molecule has 3 rings (SSSR count). The molecule has 122 valence electrons. The molecule has 2 atom stereocenters. The highest BCUT2D eigenvalue weighted by molar-refractivity contribution is 7.89. The summed E-state index contributed by atoms with van der Waals surface area (Å²) in [4.78, 5) is 2.39. The van der Waals surface area contributed by atoms with Crippen molar-refractivity contribution in [2.24, 2.45) is 11.8 Å². The summed E-state index contributed by atoms with van der Waals surface area (Å²) in [5.41, 5.74) is 0.475. The number of benzene rings is 1. The summed E-state index contributed by atoms with van der Waals surface area (Å²) in [5, 5.41) is 0. The van der Waals surface area contributed by atoms with Crippen molar-refractivity contribution in [1.29, 1.82) is 0 Å². The maximum absolute atomic E-state index is 13.6. The molecule has 0 saturated carbocycles. The Morgan fingerprint density at radius 2 is 1.77 bits per heavy atom. The molecule has 0 N–H and O–H groups in total. The minimum Gasteiger partial charge on any atom is -0.303 e. The topological polar surface area (TPSA) is 40.6 Å². The fourth-order valence-electron chi connectivity index (χ4n) is 3.60. The Bertz CT molecular complexity index is 621. The second-order valence-corrected chi connectivity index (χ2v) is 8.44. The Hall–Kier alpha value is -0.980. The van der Waals surface area contributed by atoms with E-state index >= 15 is 0 Å². The van der Waals surface area contributed by atoms with Gasteiger partial charge < -0.3 is 4.90 Å². The van der Waals surface area contributed by atoms with Crippen LogP contribution >= 0.6 is 0 Å². The maximum atomic E-state index is 13.6. The van der Waals surface area contributed by atoms with Crippen molar-refractivity contribution in [3.05, 3.63) is 35.6 Å². The number of aryl methyl sites for hydroxylation is 1. The molecule has 2 fully saturated rings. The van der Waals surface area contributed by atoms with Gasteiger partial charge >= 0.3 is 0 Å². The molecule has 0 aromatic heterocycles. The zero-order valence-electron chi connectivity index (χ0n) is 12.9.